The zero-order chi connectivity index (χ0) is 16.1. The second-order valence-corrected chi connectivity index (χ2v) is 6.74. The van der Waals surface area contributed by atoms with Gasteiger partial charge in [0.25, 0.3) is 0 Å². The smallest absolute Gasteiger partial charge is 0.191 e. The van der Waals surface area contributed by atoms with Crippen LogP contribution in [0, 0.1) is 5.41 Å². The molecule has 2 fully saturated rings. The molecule has 0 radical (unpaired) electrons. The summed E-state index contributed by atoms with van der Waals surface area (Å²) in [4.78, 5) is 4.40. The normalized spacial score (nSPS) is 26.3. The molecule has 1 aromatic heterocycles. The molecule has 128 valence electrons. The SMILES string of the molecule is CCOC1CC(NC(=NC)NCCn2cccc2)C12CCCC2. The van der Waals surface area contributed by atoms with E-state index in [-0.39, 0.29) is 0 Å². The van der Waals surface area contributed by atoms with E-state index in [1.54, 1.807) is 0 Å². The van der Waals surface area contributed by atoms with Gasteiger partial charge in [0, 0.05) is 50.6 Å². The summed E-state index contributed by atoms with van der Waals surface area (Å²) in [6, 6.07) is 4.61. The number of aromatic nitrogens is 1. The van der Waals surface area contributed by atoms with Crippen LogP contribution in [-0.2, 0) is 11.3 Å². The lowest BCUT2D eigenvalue weighted by atomic mass is 9.60. The largest absolute Gasteiger partial charge is 0.378 e. The molecule has 0 amide bonds. The quantitative estimate of drug-likeness (QED) is 0.625. The van der Waals surface area contributed by atoms with E-state index in [1.165, 1.54) is 25.7 Å². The van der Waals surface area contributed by atoms with Gasteiger partial charge in [0.1, 0.15) is 0 Å². The highest BCUT2D eigenvalue weighted by Crippen LogP contribution is 2.54. The highest BCUT2D eigenvalue weighted by atomic mass is 16.5. The maximum absolute atomic E-state index is 5.99. The van der Waals surface area contributed by atoms with E-state index in [2.05, 4.69) is 51.6 Å². The molecule has 0 aliphatic heterocycles. The number of ether oxygens (including phenoxy) is 1. The molecule has 1 heterocycles. The third-order valence-electron chi connectivity index (χ3n) is 5.55. The summed E-state index contributed by atoms with van der Waals surface area (Å²) >= 11 is 0. The first-order chi connectivity index (χ1) is 11.3. The van der Waals surface area contributed by atoms with Gasteiger partial charge in [0.05, 0.1) is 6.10 Å². The van der Waals surface area contributed by atoms with Gasteiger partial charge in [-0.3, -0.25) is 4.99 Å². The molecule has 0 aromatic carbocycles. The third kappa shape index (κ3) is 3.39. The molecule has 5 nitrogen and oxygen atoms in total. The van der Waals surface area contributed by atoms with Crippen LogP contribution in [-0.4, -0.2) is 42.9 Å². The Balaban J connectivity index is 1.50. The molecular weight excluding hydrogens is 288 g/mol. The van der Waals surface area contributed by atoms with E-state index < -0.39 is 0 Å². The molecule has 2 saturated carbocycles. The molecular formula is C18H30N4O. The summed E-state index contributed by atoms with van der Waals surface area (Å²) in [5, 5.41) is 7.09. The van der Waals surface area contributed by atoms with Gasteiger partial charge in [-0.15, -0.1) is 0 Å². The van der Waals surface area contributed by atoms with Gasteiger partial charge >= 0.3 is 0 Å². The maximum atomic E-state index is 5.99. The van der Waals surface area contributed by atoms with Gasteiger partial charge in [-0.05, 0) is 38.3 Å². The molecule has 1 aromatic rings. The van der Waals surface area contributed by atoms with E-state index in [0.29, 0.717) is 17.6 Å². The standard InChI is InChI=1S/C18H30N4O/c1-3-23-16-14-15(18(16)8-4-5-9-18)21-17(19-2)20-10-13-22-11-6-7-12-22/h6-7,11-12,15-16H,3-5,8-10,13-14H2,1-2H3,(H2,19,20,21). The van der Waals surface area contributed by atoms with Gasteiger partial charge < -0.3 is 19.9 Å². The number of hydrogen-bond donors (Lipinski definition) is 2. The topological polar surface area (TPSA) is 50.6 Å². The first-order valence-corrected chi connectivity index (χ1v) is 8.98. The average molecular weight is 318 g/mol. The summed E-state index contributed by atoms with van der Waals surface area (Å²) < 4.78 is 8.16. The predicted octanol–water partition coefficient (Wildman–Crippen LogP) is 2.39. The van der Waals surface area contributed by atoms with Gasteiger partial charge in [-0.2, -0.15) is 0 Å². The van der Waals surface area contributed by atoms with E-state index in [4.69, 9.17) is 4.74 Å². The lowest BCUT2D eigenvalue weighted by Gasteiger charge is -2.54. The van der Waals surface area contributed by atoms with Crippen molar-refractivity contribution in [2.75, 3.05) is 20.2 Å². The van der Waals surface area contributed by atoms with Crippen molar-refractivity contribution in [2.24, 2.45) is 10.4 Å². The van der Waals surface area contributed by atoms with Crippen LogP contribution in [0.1, 0.15) is 39.0 Å². The fraction of sp³-hybridized carbons (Fsp3) is 0.722. The number of hydrogen-bond acceptors (Lipinski definition) is 2. The number of rotatable bonds is 6. The molecule has 1 spiro atoms. The Hall–Kier alpha value is -1.49. The molecule has 2 unspecified atom stereocenters. The molecule has 2 N–H and O–H groups in total. The fourth-order valence-electron chi connectivity index (χ4n) is 4.27. The average Bonchev–Trinajstić information content (AvgIpc) is 3.24. The van der Waals surface area contributed by atoms with Crippen molar-refractivity contribution < 1.29 is 4.74 Å². The minimum Gasteiger partial charge on any atom is -0.378 e. The van der Waals surface area contributed by atoms with Crippen LogP contribution in [0.3, 0.4) is 0 Å². The number of aliphatic imine (C=N–C) groups is 1. The van der Waals surface area contributed by atoms with Crippen molar-refractivity contribution in [2.45, 2.75) is 57.7 Å². The maximum Gasteiger partial charge on any atom is 0.191 e. The Morgan fingerprint density at radius 3 is 2.70 bits per heavy atom. The Morgan fingerprint density at radius 2 is 2.04 bits per heavy atom. The number of nitrogens with one attached hydrogen (secondary N) is 2. The fourth-order valence-corrected chi connectivity index (χ4v) is 4.27. The van der Waals surface area contributed by atoms with Crippen LogP contribution in [0.15, 0.2) is 29.5 Å². The van der Waals surface area contributed by atoms with Crippen molar-refractivity contribution in [3.8, 4) is 0 Å². The van der Waals surface area contributed by atoms with Crippen molar-refractivity contribution in [3.63, 3.8) is 0 Å². The molecule has 5 heteroatoms. The van der Waals surface area contributed by atoms with Crippen molar-refractivity contribution in [3.05, 3.63) is 24.5 Å². The first kappa shape index (κ1) is 16.4. The predicted molar refractivity (Wildman–Crippen MR) is 93.6 cm³/mol. The van der Waals surface area contributed by atoms with Gasteiger partial charge in [0.2, 0.25) is 0 Å². The zero-order valence-corrected chi connectivity index (χ0v) is 14.4. The Morgan fingerprint density at radius 1 is 1.30 bits per heavy atom. The monoisotopic (exact) mass is 318 g/mol. The second-order valence-electron chi connectivity index (χ2n) is 6.74. The van der Waals surface area contributed by atoms with Gasteiger partial charge in [0.15, 0.2) is 5.96 Å². The van der Waals surface area contributed by atoms with Crippen LogP contribution >= 0.6 is 0 Å². The lowest BCUT2D eigenvalue weighted by molar-refractivity contribution is -0.125. The number of nitrogens with zero attached hydrogens (tertiary/aromatic N) is 2. The zero-order valence-electron chi connectivity index (χ0n) is 14.4. The summed E-state index contributed by atoms with van der Waals surface area (Å²) in [6.45, 7) is 4.75. The molecule has 2 aliphatic carbocycles. The lowest BCUT2D eigenvalue weighted by Crippen LogP contribution is -2.65. The minimum atomic E-state index is 0.341. The number of guanidine groups is 1. The van der Waals surface area contributed by atoms with Crippen LogP contribution in [0.25, 0.3) is 0 Å². The first-order valence-electron chi connectivity index (χ1n) is 8.98. The van der Waals surface area contributed by atoms with Crippen molar-refractivity contribution in [1.82, 2.24) is 15.2 Å². The van der Waals surface area contributed by atoms with E-state index in [9.17, 15) is 0 Å². The summed E-state index contributed by atoms with van der Waals surface area (Å²) in [6.07, 6.45) is 11.0. The Kier molecular flexibility index (Phi) is 5.26. The van der Waals surface area contributed by atoms with E-state index in [1.807, 2.05) is 7.05 Å². The highest BCUT2D eigenvalue weighted by Gasteiger charge is 2.56. The Labute approximate surface area is 139 Å². The van der Waals surface area contributed by atoms with Crippen LogP contribution in [0.5, 0.6) is 0 Å². The highest BCUT2D eigenvalue weighted by molar-refractivity contribution is 5.80. The Bertz CT molecular complexity index is 505. The molecule has 23 heavy (non-hydrogen) atoms. The van der Waals surface area contributed by atoms with Crippen LogP contribution in [0.4, 0.5) is 0 Å². The van der Waals surface area contributed by atoms with Crippen molar-refractivity contribution >= 4 is 5.96 Å². The van der Waals surface area contributed by atoms with Crippen LogP contribution < -0.4 is 10.6 Å². The minimum absolute atomic E-state index is 0.341. The molecule has 2 atom stereocenters. The van der Waals surface area contributed by atoms with Gasteiger partial charge in [-0.1, -0.05) is 12.8 Å². The molecule has 0 saturated heterocycles. The summed E-state index contributed by atoms with van der Waals surface area (Å²) in [5.41, 5.74) is 0.341. The van der Waals surface area contributed by atoms with E-state index in [0.717, 1.165) is 32.1 Å². The molecule has 2 aliphatic rings. The summed E-state index contributed by atoms with van der Waals surface area (Å²) in [5.74, 6) is 0.920. The molecule has 3 rings (SSSR count). The third-order valence-corrected chi connectivity index (χ3v) is 5.55. The second kappa shape index (κ2) is 7.39. The summed E-state index contributed by atoms with van der Waals surface area (Å²) in [7, 11) is 1.85. The van der Waals surface area contributed by atoms with Crippen molar-refractivity contribution in [1.29, 1.82) is 0 Å². The molecule has 0 bridgehead atoms. The van der Waals surface area contributed by atoms with E-state index >= 15 is 0 Å². The van der Waals surface area contributed by atoms with Gasteiger partial charge in [-0.25, -0.2) is 0 Å². The van der Waals surface area contributed by atoms with Crippen LogP contribution in [0.2, 0.25) is 0 Å².